The fraction of sp³-hybridized carbons (Fsp3) is 0.200. The summed E-state index contributed by atoms with van der Waals surface area (Å²) in [6, 6.07) is 15.4. The van der Waals surface area contributed by atoms with Gasteiger partial charge in [0.05, 0.1) is 6.07 Å². The molecule has 0 N–H and O–H groups in total. The van der Waals surface area contributed by atoms with Crippen LogP contribution in [0.15, 0.2) is 47.8 Å². The van der Waals surface area contributed by atoms with Crippen molar-refractivity contribution in [1.29, 1.82) is 5.26 Å². The topological polar surface area (TPSA) is 44.1 Å². The fourth-order valence-corrected chi connectivity index (χ4v) is 2.58. The number of para-hydroxylation sites is 1. The molecule has 2 rings (SSSR count). The molecule has 0 radical (unpaired) electrons. The maximum Gasteiger partial charge on any atom is 0.244 e. The summed E-state index contributed by atoms with van der Waals surface area (Å²) in [7, 11) is 1.70. The van der Waals surface area contributed by atoms with Crippen LogP contribution in [0.25, 0.3) is 0 Å². The molecular formula is C15H14N2OS. The van der Waals surface area contributed by atoms with Gasteiger partial charge in [-0.05, 0) is 23.6 Å². The monoisotopic (exact) mass is 270 g/mol. The van der Waals surface area contributed by atoms with Gasteiger partial charge in [0.15, 0.2) is 0 Å². The first kappa shape index (κ1) is 13.3. The molecule has 2 aromatic rings. The number of carbonyl (C=O) groups is 1. The Labute approximate surface area is 116 Å². The van der Waals surface area contributed by atoms with E-state index in [-0.39, 0.29) is 5.91 Å². The SMILES string of the molecule is CN(C(=O)C(C#N)Cc1cccs1)c1ccccc1. The summed E-state index contributed by atoms with van der Waals surface area (Å²) >= 11 is 1.57. The second-order valence-corrected chi connectivity index (χ2v) is 5.23. The quantitative estimate of drug-likeness (QED) is 0.857. The highest BCUT2D eigenvalue weighted by molar-refractivity contribution is 7.09. The molecule has 0 spiro atoms. The minimum atomic E-state index is -0.635. The third-order valence-electron chi connectivity index (χ3n) is 2.91. The maximum atomic E-state index is 12.3. The van der Waals surface area contributed by atoms with Crippen LogP contribution in [0.3, 0.4) is 0 Å². The average molecular weight is 270 g/mol. The molecule has 1 aromatic carbocycles. The van der Waals surface area contributed by atoms with Crippen molar-refractivity contribution < 1.29 is 4.79 Å². The summed E-state index contributed by atoms with van der Waals surface area (Å²) in [6.45, 7) is 0. The van der Waals surface area contributed by atoms with Gasteiger partial charge in [-0.3, -0.25) is 4.79 Å². The second-order valence-electron chi connectivity index (χ2n) is 4.20. The van der Waals surface area contributed by atoms with Crippen molar-refractivity contribution in [2.75, 3.05) is 11.9 Å². The first-order valence-electron chi connectivity index (χ1n) is 5.97. The average Bonchev–Trinajstić information content (AvgIpc) is 2.97. The Kier molecular flexibility index (Phi) is 4.32. The third kappa shape index (κ3) is 3.21. The second kappa shape index (κ2) is 6.17. The number of rotatable bonds is 4. The van der Waals surface area contributed by atoms with Gasteiger partial charge >= 0.3 is 0 Å². The molecule has 3 nitrogen and oxygen atoms in total. The highest BCUT2D eigenvalue weighted by Gasteiger charge is 2.23. The molecule has 0 fully saturated rings. The Morgan fingerprint density at radius 3 is 2.63 bits per heavy atom. The zero-order chi connectivity index (χ0) is 13.7. The van der Waals surface area contributed by atoms with E-state index in [0.29, 0.717) is 6.42 Å². The predicted octanol–water partition coefficient (Wildman–Crippen LogP) is 3.09. The van der Waals surface area contributed by atoms with Crippen LogP contribution < -0.4 is 4.90 Å². The van der Waals surface area contributed by atoms with E-state index < -0.39 is 5.92 Å². The van der Waals surface area contributed by atoms with Crippen molar-refractivity contribution in [3.63, 3.8) is 0 Å². The zero-order valence-electron chi connectivity index (χ0n) is 10.6. The largest absolute Gasteiger partial charge is 0.314 e. The Balaban J connectivity index is 2.11. The fourth-order valence-electron chi connectivity index (χ4n) is 1.83. The highest BCUT2D eigenvalue weighted by Crippen LogP contribution is 2.19. The molecule has 0 aliphatic rings. The first-order chi connectivity index (χ1) is 9.22. The van der Waals surface area contributed by atoms with Gasteiger partial charge < -0.3 is 4.90 Å². The summed E-state index contributed by atoms with van der Waals surface area (Å²) < 4.78 is 0. The number of nitrogens with zero attached hydrogens (tertiary/aromatic N) is 2. The van der Waals surface area contributed by atoms with E-state index in [4.69, 9.17) is 0 Å². The van der Waals surface area contributed by atoms with E-state index in [2.05, 4.69) is 6.07 Å². The lowest BCUT2D eigenvalue weighted by Gasteiger charge is -2.19. The molecule has 0 aliphatic heterocycles. The van der Waals surface area contributed by atoms with Gasteiger partial charge in [-0.2, -0.15) is 5.26 Å². The van der Waals surface area contributed by atoms with Gasteiger partial charge in [-0.1, -0.05) is 24.3 Å². The van der Waals surface area contributed by atoms with Gasteiger partial charge in [0.25, 0.3) is 0 Å². The van der Waals surface area contributed by atoms with E-state index in [1.807, 2.05) is 47.8 Å². The van der Waals surface area contributed by atoms with Crippen LogP contribution in [0.5, 0.6) is 0 Å². The van der Waals surface area contributed by atoms with Crippen LogP contribution in [0, 0.1) is 17.2 Å². The van der Waals surface area contributed by atoms with E-state index >= 15 is 0 Å². The minimum absolute atomic E-state index is 0.165. The minimum Gasteiger partial charge on any atom is -0.314 e. The van der Waals surface area contributed by atoms with Gasteiger partial charge in [0, 0.05) is 24.0 Å². The lowest BCUT2D eigenvalue weighted by atomic mass is 10.0. The Morgan fingerprint density at radius 1 is 1.32 bits per heavy atom. The van der Waals surface area contributed by atoms with Gasteiger partial charge in [-0.15, -0.1) is 11.3 Å². The number of hydrogen-bond donors (Lipinski definition) is 0. The lowest BCUT2D eigenvalue weighted by Crippen LogP contribution is -2.33. The Hall–Kier alpha value is -2.12. The standard InChI is InChI=1S/C15H14N2OS/c1-17(13-6-3-2-4-7-13)15(18)12(11-16)10-14-8-5-9-19-14/h2-9,12H,10H2,1H3. The molecule has 19 heavy (non-hydrogen) atoms. The van der Waals surface area contributed by atoms with Crippen molar-refractivity contribution in [3.8, 4) is 6.07 Å². The van der Waals surface area contributed by atoms with E-state index in [1.54, 1.807) is 23.3 Å². The molecule has 0 saturated carbocycles. The molecule has 1 heterocycles. The number of hydrogen-bond acceptors (Lipinski definition) is 3. The molecule has 4 heteroatoms. The number of benzene rings is 1. The molecule has 1 unspecified atom stereocenters. The number of carbonyl (C=O) groups excluding carboxylic acids is 1. The lowest BCUT2D eigenvalue weighted by molar-refractivity contribution is -0.120. The molecule has 1 atom stereocenters. The van der Waals surface area contributed by atoms with Gasteiger partial charge in [0.1, 0.15) is 5.92 Å². The predicted molar refractivity (Wildman–Crippen MR) is 77.0 cm³/mol. The summed E-state index contributed by atoms with van der Waals surface area (Å²) in [5.74, 6) is -0.800. The van der Waals surface area contributed by atoms with Crippen LogP contribution in [0.2, 0.25) is 0 Å². The molecule has 0 aliphatic carbocycles. The summed E-state index contributed by atoms with van der Waals surface area (Å²) in [6.07, 6.45) is 0.476. The van der Waals surface area contributed by atoms with E-state index in [0.717, 1.165) is 10.6 Å². The first-order valence-corrected chi connectivity index (χ1v) is 6.85. The third-order valence-corrected chi connectivity index (χ3v) is 3.81. The number of amides is 1. The zero-order valence-corrected chi connectivity index (χ0v) is 11.4. The van der Waals surface area contributed by atoms with Crippen molar-refractivity contribution in [2.45, 2.75) is 6.42 Å². The molecule has 1 amide bonds. The molecule has 1 aromatic heterocycles. The summed E-state index contributed by atoms with van der Waals surface area (Å²) in [5.41, 5.74) is 0.805. The van der Waals surface area contributed by atoms with Crippen LogP contribution in [0.4, 0.5) is 5.69 Å². The van der Waals surface area contributed by atoms with Crippen molar-refractivity contribution in [1.82, 2.24) is 0 Å². The number of thiophene rings is 1. The van der Waals surface area contributed by atoms with Crippen LogP contribution in [0.1, 0.15) is 4.88 Å². The summed E-state index contributed by atoms with van der Waals surface area (Å²) in [4.78, 5) is 14.9. The van der Waals surface area contributed by atoms with Gasteiger partial charge in [0.2, 0.25) is 5.91 Å². The van der Waals surface area contributed by atoms with E-state index in [1.165, 1.54) is 0 Å². The smallest absolute Gasteiger partial charge is 0.244 e. The van der Waals surface area contributed by atoms with Crippen molar-refractivity contribution in [3.05, 3.63) is 52.7 Å². The Bertz CT molecular complexity index is 572. The molecular weight excluding hydrogens is 256 g/mol. The Morgan fingerprint density at radius 2 is 2.05 bits per heavy atom. The maximum absolute atomic E-state index is 12.3. The molecule has 96 valence electrons. The summed E-state index contributed by atoms with van der Waals surface area (Å²) in [5, 5.41) is 11.2. The number of anilines is 1. The van der Waals surface area contributed by atoms with Gasteiger partial charge in [-0.25, -0.2) is 0 Å². The highest BCUT2D eigenvalue weighted by atomic mass is 32.1. The molecule has 0 saturated heterocycles. The van der Waals surface area contributed by atoms with Crippen LogP contribution in [-0.2, 0) is 11.2 Å². The van der Waals surface area contributed by atoms with Crippen molar-refractivity contribution in [2.24, 2.45) is 5.92 Å². The van der Waals surface area contributed by atoms with Crippen LogP contribution in [-0.4, -0.2) is 13.0 Å². The molecule has 0 bridgehead atoms. The normalized spacial score (nSPS) is 11.6. The van der Waals surface area contributed by atoms with Crippen molar-refractivity contribution >= 4 is 22.9 Å². The number of nitriles is 1. The van der Waals surface area contributed by atoms with E-state index in [9.17, 15) is 10.1 Å². The van der Waals surface area contributed by atoms with Crippen LogP contribution >= 0.6 is 11.3 Å².